The first kappa shape index (κ1) is 17.8. The van der Waals surface area contributed by atoms with E-state index in [1.165, 1.54) is 12.8 Å². The van der Waals surface area contributed by atoms with E-state index >= 15 is 0 Å². The van der Waals surface area contributed by atoms with Crippen molar-refractivity contribution in [3.63, 3.8) is 0 Å². The van der Waals surface area contributed by atoms with Crippen LogP contribution >= 0.6 is 0 Å². The summed E-state index contributed by atoms with van der Waals surface area (Å²) < 4.78 is 7.94. The number of nitrogens with zero attached hydrogens (tertiary/aromatic N) is 5. The van der Waals surface area contributed by atoms with Gasteiger partial charge in [-0.2, -0.15) is 5.10 Å². The van der Waals surface area contributed by atoms with Crippen LogP contribution in [-0.2, 0) is 6.54 Å². The monoisotopic (exact) mass is 385 g/mol. The molecule has 1 saturated heterocycles. The summed E-state index contributed by atoms with van der Waals surface area (Å²) in [6.07, 6.45) is 5.89. The van der Waals surface area contributed by atoms with Crippen LogP contribution in [0.2, 0.25) is 0 Å². The number of hydrogen-bond acceptors (Lipinski definition) is 5. The van der Waals surface area contributed by atoms with Crippen LogP contribution in [0.1, 0.15) is 12.8 Å². The Balaban J connectivity index is 1.45. The average Bonchev–Trinajstić information content (AvgIpc) is 3.34. The van der Waals surface area contributed by atoms with Crippen molar-refractivity contribution in [1.82, 2.24) is 24.6 Å². The first-order chi connectivity index (χ1) is 14.3. The van der Waals surface area contributed by atoms with Gasteiger partial charge >= 0.3 is 0 Å². The van der Waals surface area contributed by atoms with Crippen LogP contribution in [0.4, 0.5) is 0 Å². The number of fused-ring (bicyclic) bond motifs is 1. The van der Waals surface area contributed by atoms with Crippen molar-refractivity contribution in [3.05, 3.63) is 67.1 Å². The van der Waals surface area contributed by atoms with Crippen molar-refractivity contribution >= 4 is 11.0 Å². The molecular formula is C23H23N5O. The summed E-state index contributed by atoms with van der Waals surface area (Å²) in [6, 6.07) is 18.3. The molecule has 0 unspecified atom stereocenters. The molecule has 1 aliphatic heterocycles. The lowest BCUT2D eigenvalue weighted by molar-refractivity contribution is 0.277. The lowest BCUT2D eigenvalue weighted by Crippen LogP contribution is -2.29. The molecule has 0 bridgehead atoms. The molecule has 2 aromatic heterocycles. The van der Waals surface area contributed by atoms with Crippen LogP contribution in [0.5, 0.6) is 11.5 Å². The Hall–Kier alpha value is -3.25. The van der Waals surface area contributed by atoms with E-state index in [9.17, 15) is 0 Å². The van der Waals surface area contributed by atoms with Gasteiger partial charge in [-0.15, -0.1) is 0 Å². The van der Waals surface area contributed by atoms with Gasteiger partial charge in [0.25, 0.3) is 0 Å². The molecule has 6 heteroatoms. The van der Waals surface area contributed by atoms with Crippen LogP contribution in [0.25, 0.3) is 22.3 Å². The second kappa shape index (κ2) is 7.64. The molecule has 1 atom stereocenters. The lowest BCUT2D eigenvalue weighted by atomic mass is 10.1. The molecule has 0 spiro atoms. The number of benzene rings is 2. The normalized spacial score (nSPS) is 17.1. The minimum atomic E-state index is 0.502. The molecule has 4 aromatic rings. The molecule has 0 saturated carbocycles. The van der Waals surface area contributed by atoms with E-state index in [1.54, 1.807) is 6.33 Å². The summed E-state index contributed by atoms with van der Waals surface area (Å²) in [5, 5.41) is 5.89. The zero-order chi connectivity index (χ0) is 19.6. The summed E-state index contributed by atoms with van der Waals surface area (Å²) in [4.78, 5) is 11.2. The predicted molar refractivity (Wildman–Crippen MR) is 113 cm³/mol. The van der Waals surface area contributed by atoms with E-state index < -0.39 is 0 Å². The van der Waals surface area contributed by atoms with Gasteiger partial charge in [-0.3, -0.25) is 0 Å². The first-order valence-corrected chi connectivity index (χ1v) is 9.98. The smallest absolute Gasteiger partial charge is 0.161 e. The molecule has 0 N–H and O–H groups in total. The largest absolute Gasteiger partial charge is 0.457 e. The molecule has 0 amide bonds. The summed E-state index contributed by atoms with van der Waals surface area (Å²) in [6.45, 7) is 1.99. The van der Waals surface area contributed by atoms with Gasteiger partial charge in [-0.1, -0.05) is 18.2 Å². The quantitative estimate of drug-likeness (QED) is 0.510. The molecule has 6 nitrogen and oxygen atoms in total. The molecule has 3 heterocycles. The number of likely N-dealkylation sites (tertiary alicyclic amines) is 1. The van der Waals surface area contributed by atoms with Crippen LogP contribution < -0.4 is 4.74 Å². The van der Waals surface area contributed by atoms with E-state index in [0.29, 0.717) is 6.04 Å². The fourth-order valence-corrected chi connectivity index (χ4v) is 3.97. The highest BCUT2D eigenvalue weighted by Gasteiger charge is 2.23. The van der Waals surface area contributed by atoms with Gasteiger partial charge < -0.3 is 9.64 Å². The van der Waals surface area contributed by atoms with E-state index in [-0.39, 0.29) is 0 Å². The van der Waals surface area contributed by atoms with Crippen molar-refractivity contribution in [2.24, 2.45) is 0 Å². The maximum Gasteiger partial charge on any atom is 0.161 e. The summed E-state index contributed by atoms with van der Waals surface area (Å²) in [5.41, 5.74) is 2.83. The van der Waals surface area contributed by atoms with Crippen LogP contribution in [0.15, 0.2) is 67.1 Å². The Morgan fingerprint density at radius 1 is 1.03 bits per heavy atom. The number of para-hydroxylation sites is 1. The van der Waals surface area contributed by atoms with Crippen LogP contribution in [-0.4, -0.2) is 44.3 Å². The summed E-state index contributed by atoms with van der Waals surface area (Å²) in [7, 11) is 2.19. The van der Waals surface area contributed by atoms with Gasteiger partial charge in [0.05, 0.1) is 11.9 Å². The van der Waals surface area contributed by atoms with E-state index in [1.807, 2.05) is 65.5 Å². The molecule has 2 aromatic carbocycles. The Bertz CT molecular complexity index is 1110. The van der Waals surface area contributed by atoms with Crippen LogP contribution in [0, 0.1) is 0 Å². The highest BCUT2D eigenvalue weighted by Crippen LogP contribution is 2.30. The maximum absolute atomic E-state index is 5.91. The molecule has 1 aliphatic rings. The van der Waals surface area contributed by atoms with Crippen molar-refractivity contribution in [2.75, 3.05) is 13.6 Å². The minimum absolute atomic E-state index is 0.502. The second-order valence-corrected chi connectivity index (χ2v) is 7.51. The number of hydrogen-bond donors (Lipinski definition) is 0. The highest BCUT2D eigenvalue weighted by molar-refractivity contribution is 5.90. The zero-order valence-corrected chi connectivity index (χ0v) is 16.4. The van der Waals surface area contributed by atoms with Crippen molar-refractivity contribution in [1.29, 1.82) is 0 Å². The van der Waals surface area contributed by atoms with Gasteiger partial charge in [-0.25, -0.2) is 14.6 Å². The molecule has 29 heavy (non-hydrogen) atoms. The van der Waals surface area contributed by atoms with Gasteiger partial charge in [0.15, 0.2) is 5.65 Å². The third-order valence-electron chi connectivity index (χ3n) is 5.57. The van der Waals surface area contributed by atoms with E-state index in [0.717, 1.165) is 46.9 Å². The highest BCUT2D eigenvalue weighted by atomic mass is 16.5. The van der Waals surface area contributed by atoms with E-state index in [4.69, 9.17) is 9.84 Å². The molecule has 1 fully saturated rings. The number of ether oxygens (including phenoxy) is 1. The molecule has 0 radical (unpaired) electrons. The van der Waals surface area contributed by atoms with E-state index in [2.05, 4.69) is 21.9 Å². The predicted octanol–water partition coefficient (Wildman–Crippen LogP) is 4.38. The molecule has 5 rings (SSSR count). The average molecular weight is 385 g/mol. The van der Waals surface area contributed by atoms with Crippen molar-refractivity contribution < 1.29 is 4.74 Å². The Kier molecular flexibility index (Phi) is 4.69. The topological polar surface area (TPSA) is 56.1 Å². The summed E-state index contributed by atoms with van der Waals surface area (Å²) in [5.74, 6) is 1.62. The summed E-state index contributed by atoms with van der Waals surface area (Å²) >= 11 is 0. The number of aromatic nitrogens is 4. The maximum atomic E-state index is 5.91. The number of likely N-dealkylation sites (N-methyl/N-ethyl adjacent to an activating group) is 1. The Morgan fingerprint density at radius 3 is 2.59 bits per heavy atom. The third-order valence-corrected chi connectivity index (χ3v) is 5.57. The zero-order valence-electron chi connectivity index (χ0n) is 16.4. The second-order valence-electron chi connectivity index (χ2n) is 7.51. The Morgan fingerprint density at radius 2 is 1.83 bits per heavy atom. The fraction of sp³-hybridized carbons (Fsp3) is 0.261. The standard InChI is InChI=1S/C23H23N5O/c1-27-13-5-6-18(27)15-28-23-21(14-24-16-25-23)22(26-28)17-9-11-20(12-10-17)29-19-7-3-2-4-8-19/h2-4,7-12,14,16,18H,5-6,13,15H2,1H3/t18-/m1/s1. The minimum Gasteiger partial charge on any atom is -0.457 e. The fourth-order valence-electron chi connectivity index (χ4n) is 3.97. The van der Waals surface area contributed by atoms with Gasteiger partial charge in [0.2, 0.25) is 0 Å². The van der Waals surface area contributed by atoms with Gasteiger partial charge in [0.1, 0.15) is 23.5 Å². The van der Waals surface area contributed by atoms with Gasteiger partial charge in [-0.05, 0) is 62.8 Å². The molecule has 146 valence electrons. The number of rotatable bonds is 5. The first-order valence-electron chi connectivity index (χ1n) is 9.98. The molecular weight excluding hydrogens is 362 g/mol. The van der Waals surface area contributed by atoms with Crippen molar-refractivity contribution in [3.8, 4) is 22.8 Å². The third kappa shape index (κ3) is 3.59. The SMILES string of the molecule is CN1CCC[C@@H]1Cn1nc(-c2ccc(Oc3ccccc3)cc2)c2cncnc21. The van der Waals surface area contributed by atoms with Crippen LogP contribution in [0.3, 0.4) is 0 Å². The lowest BCUT2D eigenvalue weighted by Gasteiger charge is -2.19. The van der Waals surface area contributed by atoms with Gasteiger partial charge in [0, 0.05) is 17.8 Å². The van der Waals surface area contributed by atoms with Crippen molar-refractivity contribution in [2.45, 2.75) is 25.4 Å². The Labute approximate surface area is 169 Å². The molecule has 0 aliphatic carbocycles.